The number of hydrogen-bond acceptors (Lipinski definition) is 5. The molecule has 0 atom stereocenters. The highest BCUT2D eigenvalue weighted by atomic mass is 16.5. The summed E-state index contributed by atoms with van der Waals surface area (Å²) in [6.07, 6.45) is 0. The van der Waals surface area contributed by atoms with Gasteiger partial charge in [0.25, 0.3) is 0 Å². The van der Waals surface area contributed by atoms with E-state index in [2.05, 4.69) is 47.1 Å². The lowest BCUT2D eigenvalue weighted by Crippen LogP contribution is -2.24. The first-order valence-electron chi connectivity index (χ1n) is 10.2. The second-order valence-electron chi connectivity index (χ2n) is 7.57. The smallest absolute Gasteiger partial charge is 0.132 e. The maximum atomic E-state index is 9.47. The van der Waals surface area contributed by atoms with Crippen molar-refractivity contribution in [3.8, 4) is 11.5 Å². The molecule has 0 aliphatic carbocycles. The Morgan fingerprint density at radius 1 is 0.871 bits per heavy atom. The van der Waals surface area contributed by atoms with Crippen molar-refractivity contribution in [1.29, 1.82) is 0 Å². The molecule has 0 spiro atoms. The molecule has 0 bridgehead atoms. The number of aryl methyl sites for hydroxylation is 1. The van der Waals surface area contributed by atoms with Crippen LogP contribution in [0, 0.1) is 6.92 Å². The number of anilines is 1. The number of H-pyrrole nitrogens is 1. The molecule has 2 N–H and O–H groups in total. The zero-order valence-electron chi connectivity index (χ0n) is 18.1. The molecule has 0 unspecified atom stereocenters. The molecule has 0 fully saturated rings. The summed E-state index contributed by atoms with van der Waals surface area (Å²) in [7, 11) is 3.34. The van der Waals surface area contributed by atoms with Gasteiger partial charge in [-0.15, -0.1) is 0 Å². The van der Waals surface area contributed by atoms with Crippen LogP contribution in [0.25, 0.3) is 11.0 Å². The van der Waals surface area contributed by atoms with Crippen LogP contribution in [0.1, 0.15) is 22.4 Å². The Hall–Kier alpha value is -3.51. The van der Waals surface area contributed by atoms with E-state index in [4.69, 9.17) is 14.5 Å². The SMILES string of the molecule is COc1ccc(CN(Cc2ccc(OC)cc2)c2nc3cc(CO)[nH]c3cc2C)cc1. The zero-order chi connectivity index (χ0) is 21.8. The summed E-state index contributed by atoms with van der Waals surface area (Å²) in [5, 5.41) is 9.47. The van der Waals surface area contributed by atoms with Gasteiger partial charge >= 0.3 is 0 Å². The molecule has 2 heterocycles. The monoisotopic (exact) mass is 417 g/mol. The number of aromatic nitrogens is 2. The topological polar surface area (TPSA) is 70.6 Å². The van der Waals surface area contributed by atoms with Crippen LogP contribution in [0.3, 0.4) is 0 Å². The van der Waals surface area contributed by atoms with Crippen molar-refractivity contribution in [3.05, 3.63) is 83.0 Å². The first-order valence-corrected chi connectivity index (χ1v) is 10.2. The lowest BCUT2D eigenvalue weighted by molar-refractivity contribution is 0.278. The van der Waals surface area contributed by atoms with E-state index in [1.807, 2.05) is 30.3 Å². The summed E-state index contributed by atoms with van der Waals surface area (Å²) in [6.45, 7) is 3.43. The summed E-state index contributed by atoms with van der Waals surface area (Å²) in [6, 6.07) is 20.2. The van der Waals surface area contributed by atoms with Gasteiger partial charge in [0.15, 0.2) is 0 Å². The lowest BCUT2D eigenvalue weighted by Gasteiger charge is -2.26. The van der Waals surface area contributed by atoms with Crippen molar-refractivity contribution in [2.45, 2.75) is 26.6 Å². The van der Waals surface area contributed by atoms with Crippen LogP contribution in [-0.4, -0.2) is 29.3 Å². The van der Waals surface area contributed by atoms with Crippen molar-refractivity contribution < 1.29 is 14.6 Å². The van der Waals surface area contributed by atoms with Gasteiger partial charge in [0.1, 0.15) is 17.3 Å². The number of pyridine rings is 1. The molecule has 31 heavy (non-hydrogen) atoms. The van der Waals surface area contributed by atoms with E-state index in [1.54, 1.807) is 14.2 Å². The molecule has 4 aromatic rings. The number of aromatic amines is 1. The molecule has 160 valence electrons. The molecule has 0 aliphatic heterocycles. The minimum absolute atomic E-state index is 0.0356. The number of aliphatic hydroxyl groups excluding tert-OH is 1. The summed E-state index contributed by atoms with van der Waals surface area (Å²) in [5.41, 5.74) is 5.94. The molecular weight excluding hydrogens is 390 g/mol. The number of methoxy groups -OCH3 is 2. The maximum absolute atomic E-state index is 9.47. The minimum Gasteiger partial charge on any atom is -0.497 e. The Morgan fingerprint density at radius 3 is 1.90 bits per heavy atom. The van der Waals surface area contributed by atoms with Crippen LogP contribution in [0.2, 0.25) is 0 Å². The Balaban J connectivity index is 1.70. The Bertz CT molecular complexity index is 1100. The van der Waals surface area contributed by atoms with E-state index in [9.17, 15) is 5.11 Å². The first kappa shape index (κ1) is 20.8. The predicted molar refractivity (Wildman–Crippen MR) is 123 cm³/mol. The highest BCUT2D eigenvalue weighted by Gasteiger charge is 2.15. The number of aliphatic hydroxyl groups is 1. The predicted octanol–water partition coefficient (Wildman–Crippen LogP) is 4.59. The second kappa shape index (κ2) is 9.10. The van der Waals surface area contributed by atoms with Crippen LogP contribution >= 0.6 is 0 Å². The fraction of sp³-hybridized carbons (Fsp3) is 0.240. The van der Waals surface area contributed by atoms with Crippen LogP contribution in [-0.2, 0) is 19.7 Å². The summed E-state index contributed by atoms with van der Waals surface area (Å²) < 4.78 is 10.6. The standard InChI is InChI=1S/C25H27N3O3/c1-17-12-23-24(13-20(16-29)26-23)27-25(17)28(14-18-4-8-21(30-2)9-5-18)15-19-6-10-22(31-3)11-7-19/h4-13,26,29H,14-16H2,1-3H3. The molecular formula is C25H27N3O3. The van der Waals surface area contributed by atoms with Gasteiger partial charge < -0.3 is 24.5 Å². The highest BCUT2D eigenvalue weighted by Crippen LogP contribution is 2.27. The third kappa shape index (κ3) is 4.64. The summed E-state index contributed by atoms with van der Waals surface area (Å²) in [4.78, 5) is 10.4. The van der Waals surface area contributed by atoms with Gasteiger partial charge in [-0.25, -0.2) is 4.98 Å². The van der Waals surface area contributed by atoms with Crippen LogP contribution in [0.15, 0.2) is 60.7 Å². The first-order chi connectivity index (χ1) is 15.1. The molecule has 0 amide bonds. The van der Waals surface area contributed by atoms with Gasteiger partial charge in [-0.1, -0.05) is 24.3 Å². The molecule has 0 saturated carbocycles. The average molecular weight is 418 g/mol. The Labute approximate surface area is 182 Å². The number of fused-ring (bicyclic) bond motifs is 1. The van der Waals surface area contributed by atoms with Crippen molar-refractivity contribution in [2.24, 2.45) is 0 Å². The van der Waals surface area contributed by atoms with E-state index >= 15 is 0 Å². The maximum Gasteiger partial charge on any atom is 0.132 e. The van der Waals surface area contributed by atoms with Crippen molar-refractivity contribution in [1.82, 2.24) is 9.97 Å². The average Bonchev–Trinajstić information content (AvgIpc) is 3.21. The van der Waals surface area contributed by atoms with Gasteiger partial charge in [-0.05, 0) is 60.0 Å². The Kier molecular flexibility index (Phi) is 6.09. The van der Waals surface area contributed by atoms with E-state index < -0.39 is 0 Å². The van der Waals surface area contributed by atoms with Crippen LogP contribution < -0.4 is 14.4 Å². The molecule has 0 saturated heterocycles. The zero-order valence-corrected chi connectivity index (χ0v) is 18.1. The van der Waals surface area contributed by atoms with E-state index in [1.165, 1.54) is 11.1 Å². The molecule has 6 heteroatoms. The molecule has 2 aromatic heterocycles. The number of benzene rings is 2. The van der Waals surface area contributed by atoms with Crippen LogP contribution in [0.4, 0.5) is 5.82 Å². The number of ether oxygens (including phenoxy) is 2. The van der Waals surface area contributed by atoms with Crippen LogP contribution in [0.5, 0.6) is 11.5 Å². The third-order valence-corrected chi connectivity index (χ3v) is 5.36. The van der Waals surface area contributed by atoms with Gasteiger partial charge in [0.05, 0.1) is 31.9 Å². The number of rotatable bonds is 8. The van der Waals surface area contributed by atoms with Gasteiger partial charge in [0, 0.05) is 18.8 Å². The Morgan fingerprint density at radius 2 is 1.42 bits per heavy atom. The van der Waals surface area contributed by atoms with Crippen molar-refractivity contribution in [2.75, 3.05) is 19.1 Å². The minimum atomic E-state index is -0.0356. The number of nitrogens with one attached hydrogen (secondary N) is 1. The van der Waals surface area contributed by atoms with Crippen molar-refractivity contribution in [3.63, 3.8) is 0 Å². The molecule has 6 nitrogen and oxygen atoms in total. The van der Waals surface area contributed by atoms with Gasteiger partial charge in [0.2, 0.25) is 0 Å². The molecule has 4 rings (SSSR count). The molecule has 0 aliphatic rings. The normalized spacial score (nSPS) is 11.0. The number of nitrogens with zero attached hydrogens (tertiary/aromatic N) is 2. The molecule has 2 aromatic carbocycles. The van der Waals surface area contributed by atoms with E-state index in [0.717, 1.165) is 39.6 Å². The van der Waals surface area contributed by atoms with Gasteiger partial charge in [-0.2, -0.15) is 0 Å². The largest absolute Gasteiger partial charge is 0.497 e. The lowest BCUT2D eigenvalue weighted by atomic mass is 10.1. The highest BCUT2D eigenvalue weighted by molar-refractivity contribution is 5.79. The second-order valence-corrected chi connectivity index (χ2v) is 7.57. The van der Waals surface area contributed by atoms with Gasteiger partial charge in [-0.3, -0.25) is 0 Å². The van der Waals surface area contributed by atoms with Crippen molar-refractivity contribution >= 4 is 16.9 Å². The molecule has 0 radical (unpaired) electrons. The number of hydrogen-bond donors (Lipinski definition) is 2. The summed E-state index contributed by atoms with van der Waals surface area (Å²) >= 11 is 0. The van der Waals surface area contributed by atoms with E-state index in [0.29, 0.717) is 13.1 Å². The van der Waals surface area contributed by atoms with E-state index in [-0.39, 0.29) is 6.61 Å². The quantitative estimate of drug-likeness (QED) is 0.439. The fourth-order valence-electron chi connectivity index (χ4n) is 3.72. The summed E-state index contributed by atoms with van der Waals surface area (Å²) in [5.74, 6) is 2.60. The third-order valence-electron chi connectivity index (χ3n) is 5.36. The fourth-order valence-corrected chi connectivity index (χ4v) is 3.72.